The summed E-state index contributed by atoms with van der Waals surface area (Å²) in [4.78, 5) is 36.8. The Kier molecular flexibility index (Phi) is 7.01. The lowest BCUT2D eigenvalue weighted by Crippen LogP contribution is -2.45. The van der Waals surface area contributed by atoms with Gasteiger partial charge in [-0.25, -0.2) is 4.79 Å². The lowest BCUT2D eigenvalue weighted by Gasteiger charge is -2.50. The SMILES string of the molecule is COc1ccc(NC(=O)C=CC(=O)OC2CCC3C4CCc5cc(O)ccc5C4CCC23C)c(O)c1C(N)=O. The molecule has 5 N–H and O–H groups in total. The van der Waals surface area contributed by atoms with Crippen molar-refractivity contribution in [3.05, 3.63) is 59.2 Å². The molecular formula is C30H34N2O7. The zero-order chi connectivity index (χ0) is 27.9. The number of benzene rings is 2. The van der Waals surface area contributed by atoms with Crippen LogP contribution in [0.25, 0.3) is 0 Å². The first kappa shape index (κ1) is 26.6. The van der Waals surface area contributed by atoms with Crippen molar-refractivity contribution in [3.63, 3.8) is 0 Å². The average molecular weight is 535 g/mol. The third kappa shape index (κ3) is 4.82. The summed E-state index contributed by atoms with van der Waals surface area (Å²) < 4.78 is 10.9. The van der Waals surface area contributed by atoms with Gasteiger partial charge in [-0.05, 0) is 91.7 Å². The molecule has 2 aromatic rings. The first-order valence-corrected chi connectivity index (χ1v) is 13.3. The standard InChI is InChI=1S/C30H34N2O7/c1-30-14-13-19-18-6-4-17(33)15-16(18)3-5-20(19)21(30)7-10-24(30)39-26(35)12-11-25(34)32-22-8-9-23(38-2)27(28(22)36)29(31)37/h4,6,8-9,11-12,15,19-21,24,33,36H,3,5,7,10,13-14H2,1-2H3,(H2,31,37)(H,32,34). The second kappa shape index (κ2) is 10.3. The smallest absolute Gasteiger partial charge is 0.331 e. The molecular weight excluding hydrogens is 500 g/mol. The van der Waals surface area contributed by atoms with Gasteiger partial charge in [0, 0.05) is 17.6 Å². The number of esters is 1. The van der Waals surface area contributed by atoms with Gasteiger partial charge >= 0.3 is 5.97 Å². The number of ether oxygens (including phenoxy) is 2. The molecule has 2 fully saturated rings. The van der Waals surface area contributed by atoms with Gasteiger partial charge in [0.2, 0.25) is 5.91 Å². The number of primary amides is 1. The van der Waals surface area contributed by atoms with Gasteiger partial charge in [0.05, 0.1) is 12.8 Å². The number of phenolic OH excluding ortho intramolecular Hbond substituents is 1. The van der Waals surface area contributed by atoms with E-state index >= 15 is 0 Å². The second-order valence-corrected chi connectivity index (χ2v) is 11.1. The summed E-state index contributed by atoms with van der Waals surface area (Å²) in [5.74, 6) is -0.873. The molecule has 9 heteroatoms. The predicted molar refractivity (Wildman–Crippen MR) is 144 cm³/mol. The van der Waals surface area contributed by atoms with E-state index in [-0.39, 0.29) is 28.5 Å². The second-order valence-electron chi connectivity index (χ2n) is 11.1. The van der Waals surface area contributed by atoms with Crippen molar-refractivity contribution < 1.29 is 34.1 Å². The van der Waals surface area contributed by atoms with Crippen molar-refractivity contribution in [1.29, 1.82) is 0 Å². The van der Waals surface area contributed by atoms with Crippen LogP contribution in [0, 0.1) is 17.3 Å². The number of aryl methyl sites for hydroxylation is 1. The molecule has 0 heterocycles. The molecule has 9 nitrogen and oxygen atoms in total. The first-order valence-electron chi connectivity index (χ1n) is 13.3. The summed E-state index contributed by atoms with van der Waals surface area (Å²) in [7, 11) is 1.33. The maximum absolute atomic E-state index is 12.7. The minimum atomic E-state index is -0.909. The van der Waals surface area contributed by atoms with Crippen LogP contribution in [0.1, 0.15) is 66.4 Å². The number of anilines is 1. The lowest BCUT2D eigenvalue weighted by molar-refractivity contribution is -0.151. The van der Waals surface area contributed by atoms with Gasteiger partial charge in [0.15, 0.2) is 5.75 Å². The highest BCUT2D eigenvalue weighted by Crippen LogP contribution is 2.61. The van der Waals surface area contributed by atoms with Crippen LogP contribution in [0.15, 0.2) is 42.5 Å². The monoisotopic (exact) mass is 534 g/mol. The zero-order valence-electron chi connectivity index (χ0n) is 22.1. The third-order valence-corrected chi connectivity index (χ3v) is 9.12. The fourth-order valence-corrected chi connectivity index (χ4v) is 7.29. The van der Waals surface area contributed by atoms with Crippen LogP contribution >= 0.6 is 0 Å². The number of carbonyl (C=O) groups is 3. The number of methoxy groups -OCH3 is 1. The van der Waals surface area contributed by atoms with E-state index in [0.29, 0.717) is 23.5 Å². The largest absolute Gasteiger partial charge is 0.508 e. The van der Waals surface area contributed by atoms with Gasteiger partial charge in [0.1, 0.15) is 23.2 Å². The normalized spacial score (nSPS) is 27.2. The quantitative estimate of drug-likeness (QED) is 0.247. The van der Waals surface area contributed by atoms with Crippen LogP contribution < -0.4 is 15.8 Å². The lowest BCUT2D eigenvalue weighted by atomic mass is 9.55. The maximum atomic E-state index is 12.7. The Morgan fingerprint density at radius 3 is 2.62 bits per heavy atom. The molecule has 2 aromatic carbocycles. The van der Waals surface area contributed by atoms with Gasteiger partial charge in [-0.15, -0.1) is 0 Å². The number of fused-ring (bicyclic) bond motifs is 5. The highest BCUT2D eigenvalue weighted by molar-refractivity contribution is 6.06. The third-order valence-electron chi connectivity index (χ3n) is 9.12. The fraction of sp³-hybridized carbons (Fsp3) is 0.433. The van der Waals surface area contributed by atoms with Crippen molar-refractivity contribution >= 4 is 23.5 Å². The van der Waals surface area contributed by atoms with Crippen LogP contribution in [-0.4, -0.2) is 41.2 Å². The highest BCUT2D eigenvalue weighted by atomic mass is 16.5. The zero-order valence-corrected chi connectivity index (χ0v) is 22.1. The highest BCUT2D eigenvalue weighted by Gasteiger charge is 2.56. The molecule has 0 radical (unpaired) electrons. The molecule has 0 aliphatic heterocycles. The van der Waals surface area contributed by atoms with E-state index in [1.165, 1.54) is 30.4 Å². The van der Waals surface area contributed by atoms with Gasteiger partial charge < -0.3 is 30.7 Å². The topological polar surface area (TPSA) is 148 Å². The van der Waals surface area contributed by atoms with Crippen molar-refractivity contribution in [2.75, 3.05) is 12.4 Å². The van der Waals surface area contributed by atoms with Crippen LogP contribution in [0.3, 0.4) is 0 Å². The molecule has 5 unspecified atom stereocenters. The molecule has 0 saturated heterocycles. The van der Waals surface area contributed by atoms with Crippen LogP contribution in [0.4, 0.5) is 5.69 Å². The van der Waals surface area contributed by atoms with Gasteiger partial charge in [-0.2, -0.15) is 0 Å². The molecule has 5 atom stereocenters. The summed E-state index contributed by atoms with van der Waals surface area (Å²) in [6.45, 7) is 2.23. The van der Waals surface area contributed by atoms with Crippen LogP contribution in [-0.2, 0) is 20.7 Å². The van der Waals surface area contributed by atoms with Crippen molar-refractivity contribution in [1.82, 2.24) is 0 Å². The summed E-state index contributed by atoms with van der Waals surface area (Å²) in [6, 6.07) is 8.52. The molecule has 3 aliphatic carbocycles. The summed E-state index contributed by atoms with van der Waals surface area (Å²) in [5.41, 5.74) is 7.49. The number of aromatic hydroxyl groups is 2. The van der Waals surface area contributed by atoms with Crippen molar-refractivity contribution in [3.8, 4) is 17.2 Å². The van der Waals surface area contributed by atoms with Gasteiger partial charge in [0.25, 0.3) is 5.91 Å². The van der Waals surface area contributed by atoms with Crippen molar-refractivity contribution in [2.24, 2.45) is 23.0 Å². The number of rotatable bonds is 6. The van der Waals surface area contributed by atoms with E-state index in [2.05, 4.69) is 18.3 Å². The van der Waals surface area contributed by atoms with E-state index in [1.54, 1.807) is 6.07 Å². The number of nitrogens with two attached hydrogens (primary N) is 1. The molecule has 206 valence electrons. The Labute approximate surface area is 227 Å². The number of carbonyl (C=O) groups excluding carboxylic acids is 3. The maximum Gasteiger partial charge on any atom is 0.331 e. The van der Waals surface area contributed by atoms with Crippen LogP contribution in [0.2, 0.25) is 0 Å². The van der Waals surface area contributed by atoms with E-state index in [4.69, 9.17) is 15.2 Å². The van der Waals surface area contributed by atoms with E-state index in [9.17, 15) is 24.6 Å². The van der Waals surface area contributed by atoms with Gasteiger partial charge in [-0.3, -0.25) is 9.59 Å². The number of amides is 2. The first-order chi connectivity index (χ1) is 18.6. The van der Waals surface area contributed by atoms with Crippen molar-refractivity contribution in [2.45, 2.75) is 57.5 Å². The number of phenols is 2. The molecule has 0 spiro atoms. The minimum absolute atomic E-state index is 0.0419. The van der Waals surface area contributed by atoms with E-state index < -0.39 is 23.5 Å². The molecule has 39 heavy (non-hydrogen) atoms. The molecule has 0 aromatic heterocycles. The molecule has 0 bridgehead atoms. The molecule has 2 saturated carbocycles. The molecule has 5 rings (SSSR count). The van der Waals surface area contributed by atoms with E-state index in [0.717, 1.165) is 50.7 Å². The Balaban J connectivity index is 1.22. The number of hydrogen-bond donors (Lipinski definition) is 4. The summed E-state index contributed by atoms with van der Waals surface area (Å²) >= 11 is 0. The van der Waals surface area contributed by atoms with Crippen LogP contribution in [0.5, 0.6) is 17.2 Å². The number of hydrogen-bond acceptors (Lipinski definition) is 7. The summed E-state index contributed by atoms with van der Waals surface area (Å²) in [6.07, 6.45) is 7.64. The average Bonchev–Trinajstić information content (AvgIpc) is 3.23. The fourth-order valence-electron chi connectivity index (χ4n) is 7.29. The summed E-state index contributed by atoms with van der Waals surface area (Å²) in [5, 5.41) is 22.7. The van der Waals surface area contributed by atoms with Gasteiger partial charge in [-0.1, -0.05) is 13.0 Å². The Bertz CT molecular complexity index is 1350. The Hall–Kier alpha value is -4.01. The Morgan fingerprint density at radius 1 is 1.08 bits per heavy atom. The van der Waals surface area contributed by atoms with E-state index in [1.807, 2.05) is 6.07 Å². The minimum Gasteiger partial charge on any atom is -0.508 e. The molecule has 2 amide bonds. The Morgan fingerprint density at radius 2 is 1.87 bits per heavy atom. The molecule has 3 aliphatic rings. The predicted octanol–water partition coefficient (Wildman–Crippen LogP) is 4.17. The number of nitrogens with one attached hydrogen (secondary N) is 1.